The van der Waals surface area contributed by atoms with Crippen molar-refractivity contribution in [3.8, 4) is 0 Å². The summed E-state index contributed by atoms with van der Waals surface area (Å²) in [5.41, 5.74) is 1.59. The second kappa shape index (κ2) is 10.5. The van der Waals surface area contributed by atoms with Gasteiger partial charge in [-0.25, -0.2) is 27.9 Å². The lowest BCUT2D eigenvalue weighted by Gasteiger charge is -2.38. The zero-order valence-corrected chi connectivity index (χ0v) is 20.7. The van der Waals surface area contributed by atoms with Crippen LogP contribution in [-0.4, -0.2) is 50.4 Å². The molecule has 37 heavy (non-hydrogen) atoms. The Balaban J connectivity index is 1.37. The van der Waals surface area contributed by atoms with Gasteiger partial charge in [-0.05, 0) is 30.2 Å². The average molecular weight is 532 g/mol. The van der Waals surface area contributed by atoms with Crippen LogP contribution in [-0.2, 0) is 13.1 Å². The Bertz CT molecular complexity index is 1300. The number of nitrogens with zero attached hydrogens (tertiary/aromatic N) is 5. The fourth-order valence-corrected chi connectivity index (χ4v) is 5.01. The summed E-state index contributed by atoms with van der Waals surface area (Å²) in [4.78, 5) is 29.9. The lowest BCUT2D eigenvalue weighted by atomic mass is 10.0. The number of carbonyl (C=O) groups excluding carboxylic acids is 1. The first-order valence-corrected chi connectivity index (χ1v) is 12.3. The molecular formula is C25H25ClF3N7O. The maximum absolute atomic E-state index is 14.7. The van der Waals surface area contributed by atoms with Gasteiger partial charge in [-0.1, -0.05) is 24.3 Å². The number of piperazine rings is 1. The SMILES string of the molecule is C[C@@H](Nc1nc(Cl)nc2c1CN(C(=O)N1CCNCC1c1cccnc1)C2)c1cccc(C(F)F)c1F. The summed E-state index contributed by atoms with van der Waals surface area (Å²) >= 11 is 6.17. The molecule has 194 valence electrons. The molecule has 1 saturated heterocycles. The molecule has 0 saturated carbocycles. The average Bonchev–Trinajstić information content (AvgIpc) is 3.33. The number of anilines is 1. The van der Waals surface area contributed by atoms with Crippen LogP contribution in [0.2, 0.25) is 5.28 Å². The highest BCUT2D eigenvalue weighted by molar-refractivity contribution is 6.28. The first kappa shape index (κ1) is 25.2. The molecule has 5 rings (SSSR count). The lowest BCUT2D eigenvalue weighted by Crippen LogP contribution is -2.52. The van der Waals surface area contributed by atoms with Crippen molar-refractivity contribution < 1.29 is 18.0 Å². The lowest BCUT2D eigenvalue weighted by molar-refractivity contribution is 0.120. The van der Waals surface area contributed by atoms with Crippen LogP contribution in [0.5, 0.6) is 0 Å². The van der Waals surface area contributed by atoms with Gasteiger partial charge in [-0.15, -0.1) is 0 Å². The fraction of sp³-hybridized carbons (Fsp3) is 0.360. The van der Waals surface area contributed by atoms with Crippen LogP contribution in [0.4, 0.5) is 23.8 Å². The molecule has 2 aliphatic rings. The number of alkyl halides is 2. The predicted molar refractivity (Wildman–Crippen MR) is 132 cm³/mol. The van der Waals surface area contributed by atoms with Crippen molar-refractivity contribution in [2.45, 2.75) is 38.5 Å². The number of pyridine rings is 1. The molecule has 2 amide bonds. The Labute approximate surface area is 216 Å². The minimum Gasteiger partial charge on any atom is -0.363 e. The maximum atomic E-state index is 14.7. The van der Waals surface area contributed by atoms with Crippen molar-refractivity contribution in [2.75, 3.05) is 25.0 Å². The van der Waals surface area contributed by atoms with Gasteiger partial charge in [0.15, 0.2) is 0 Å². The zero-order chi connectivity index (χ0) is 26.1. The van der Waals surface area contributed by atoms with Gasteiger partial charge in [-0.2, -0.15) is 0 Å². The van der Waals surface area contributed by atoms with E-state index >= 15 is 0 Å². The third kappa shape index (κ3) is 5.05. The van der Waals surface area contributed by atoms with Crippen LogP contribution in [0.25, 0.3) is 0 Å². The number of rotatable bonds is 5. The smallest absolute Gasteiger partial charge is 0.321 e. The molecule has 1 unspecified atom stereocenters. The summed E-state index contributed by atoms with van der Waals surface area (Å²) in [6.45, 7) is 3.91. The number of carbonyl (C=O) groups is 1. The number of nitrogens with one attached hydrogen (secondary N) is 2. The van der Waals surface area contributed by atoms with E-state index in [-0.39, 0.29) is 36.0 Å². The summed E-state index contributed by atoms with van der Waals surface area (Å²) in [5, 5.41) is 6.39. The van der Waals surface area contributed by atoms with E-state index < -0.39 is 23.8 Å². The van der Waals surface area contributed by atoms with Gasteiger partial charge in [0, 0.05) is 43.2 Å². The minimum atomic E-state index is -2.93. The van der Waals surface area contributed by atoms with Gasteiger partial charge in [-0.3, -0.25) is 4.98 Å². The topological polar surface area (TPSA) is 86.3 Å². The molecule has 8 nitrogen and oxygen atoms in total. The normalized spacial score (nSPS) is 18.2. The molecule has 4 heterocycles. The number of amides is 2. The van der Waals surface area contributed by atoms with E-state index in [1.165, 1.54) is 12.1 Å². The van der Waals surface area contributed by atoms with E-state index in [2.05, 4.69) is 25.6 Å². The van der Waals surface area contributed by atoms with Gasteiger partial charge in [0.2, 0.25) is 5.28 Å². The van der Waals surface area contributed by atoms with E-state index in [0.717, 1.165) is 11.6 Å². The van der Waals surface area contributed by atoms with Crippen LogP contribution in [0.3, 0.4) is 0 Å². The molecule has 2 atom stereocenters. The van der Waals surface area contributed by atoms with Gasteiger partial charge in [0.25, 0.3) is 6.43 Å². The number of urea groups is 1. The quantitative estimate of drug-likeness (QED) is 0.457. The van der Waals surface area contributed by atoms with Crippen LogP contribution in [0.1, 0.15) is 53.4 Å². The number of hydrogen-bond acceptors (Lipinski definition) is 6. The highest BCUT2D eigenvalue weighted by Crippen LogP contribution is 2.34. The number of halogens is 4. The van der Waals surface area contributed by atoms with E-state index in [9.17, 15) is 18.0 Å². The molecule has 0 radical (unpaired) electrons. The fourth-order valence-electron chi connectivity index (χ4n) is 4.82. The molecule has 0 bridgehead atoms. The van der Waals surface area contributed by atoms with Gasteiger partial charge in [0.1, 0.15) is 11.6 Å². The predicted octanol–water partition coefficient (Wildman–Crippen LogP) is 4.86. The first-order valence-electron chi connectivity index (χ1n) is 11.9. The number of aromatic nitrogens is 3. The molecular weight excluding hydrogens is 507 g/mol. The van der Waals surface area contributed by atoms with E-state index in [4.69, 9.17) is 11.6 Å². The highest BCUT2D eigenvalue weighted by Gasteiger charge is 2.36. The van der Waals surface area contributed by atoms with Crippen molar-refractivity contribution in [1.82, 2.24) is 30.1 Å². The molecule has 2 N–H and O–H groups in total. The highest BCUT2D eigenvalue weighted by atomic mass is 35.5. The maximum Gasteiger partial charge on any atom is 0.321 e. The van der Waals surface area contributed by atoms with Crippen molar-refractivity contribution >= 4 is 23.4 Å². The molecule has 2 aromatic heterocycles. The molecule has 12 heteroatoms. The summed E-state index contributed by atoms with van der Waals surface area (Å²) in [6, 6.07) is 6.67. The van der Waals surface area contributed by atoms with Crippen molar-refractivity contribution in [1.29, 1.82) is 0 Å². The minimum absolute atomic E-state index is 0.0278. The Kier molecular flexibility index (Phi) is 7.16. The standard InChI is InChI=1S/C25H25ClF3N7O/c1-14(16-5-2-6-17(21(16)27)22(28)29)32-23-18-12-35(13-19(18)33-24(26)34-23)25(37)36-9-8-31-11-20(36)15-4-3-7-30-10-15/h2-7,10,14,20,22,31H,8-9,11-13H2,1H3,(H,32,33,34)/t14-,20?/m1/s1. The molecule has 1 aromatic carbocycles. The van der Waals surface area contributed by atoms with E-state index in [0.29, 0.717) is 36.7 Å². The monoisotopic (exact) mass is 531 g/mol. The van der Waals surface area contributed by atoms with Crippen LogP contribution in [0.15, 0.2) is 42.7 Å². The summed E-state index contributed by atoms with van der Waals surface area (Å²) in [7, 11) is 0. The molecule has 1 fully saturated rings. The Hall–Kier alpha value is -3.44. The van der Waals surface area contributed by atoms with E-state index in [1.54, 1.807) is 24.2 Å². The number of hydrogen-bond donors (Lipinski definition) is 2. The molecule has 3 aromatic rings. The molecule has 0 aliphatic carbocycles. The second-order valence-electron chi connectivity index (χ2n) is 9.02. The number of fused-ring (bicyclic) bond motifs is 1. The van der Waals surface area contributed by atoms with Crippen molar-refractivity contribution in [2.24, 2.45) is 0 Å². The summed E-state index contributed by atoms with van der Waals surface area (Å²) in [6.07, 6.45) is 0.523. The molecule has 2 aliphatic heterocycles. The van der Waals surface area contributed by atoms with Gasteiger partial charge in [0.05, 0.1) is 36.4 Å². The zero-order valence-electron chi connectivity index (χ0n) is 20.0. The van der Waals surface area contributed by atoms with Gasteiger partial charge < -0.3 is 20.4 Å². The van der Waals surface area contributed by atoms with Crippen LogP contribution >= 0.6 is 11.6 Å². The Morgan fingerprint density at radius 1 is 1.19 bits per heavy atom. The van der Waals surface area contributed by atoms with Crippen molar-refractivity contribution in [3.63, 3.8) is 0 Å². The van der Waals surface area contributed by atoms with Crippen LogP contribution < -0.4 is 10.6 Å². The Morgan fingerprint density at radius 3 is 2.76 bits per heavy atom. The Morgan fingerprint density at radius 2 is 2.00 bits per heavy atom. The molecule has 0 spiro atoms. The van der Waals surface area contributed by atoms with Crippen LogP contribution in [0, 0.1) is 5.82 Å². The third-order valence-corrected chi connectivity index (χ3v) is 6.87. The summed E-state index contributed by atoms with van der Waals surface area (Å²) < 4.78 is 41.1. The third-order valence-electron chi connectivity index (χ3n) is 6.70. The first-order chi connectivity index (χ1) is 17.8. The largest absolute Gasteiger partial charge is 0.363 e. The number of benzene rings is 1. The summed E-state index contributed by atoms with van der Waals surface area (Å²) in [5.74, 6) is -0.630. The van der Waals surface area contributed by atoms with Gasteiger partial charge >= 0.3 is 6.03 Å². The van der Waals surface area contributed by atoms with E-state index in [1.807, 2.05) is 17.0 Å². The second-order valence-corrected chi connectivity index (χ2v) is 9.36. The van der Waals surface area contributed by atoms with Crippen molar-refractivity contribution in [3.05, 3.63) is 81.8 Å².